The van der Waals surface area contributed by atoms with Crippen LogP contribution in [0.3, 0.4) is 0 Å². The van der Waals surface area contributed by atoms with E-state index in [1.807, 2.05) is 18.4 Å². The molecule has 2 nitrogen and oxygen atoms in total. The fourth-order valence-electron chi connectivity index (χ4n) is 1.82. The normalized spacial score (nSPS) is 15.7. The van der Waals surface area contributed by atoms with Crippen molar-refractivity contribution in [1.29, 1.82) is 0 Å². The van der Waals surface area contributed by atoms with E-state index in [0.717, 1.165) is 6.42 Å². The lowest BCUT2D eigenvalue weighted by molar-refractivity contribution is 0.318. The van der Waals surface area contributed by atoms with E-state index in [4.69, 9.17) is 0 Å². The van der Waals surface area contributed by atoms with E-state index in [0.29, 0.717) is 5.92 Å². The summed E-state index contributed by atoms with van der Waals surface area (Å²) in [5.41, 5.74) is 1.19. The number of thiazole rings is 1. The smallest absolute Gasteiger partial charge is 0.113 e. The molecule has 0 aliphatic carbocycles. The lowest BCUT2D eigenvalue weighted by Gasteiger charge is -2.28. The molecule has 1 aromatic heterocycles. The van der Waals surface area contributed by atoms with Gasteiger partial charge >= 0.3 is 0 Å². The van der Waals surface area contributed by atoms with Crippen molar-refractivity contribution in [1.82, 2.24) is 10.3 Å². The third-order valence-electron chi connectivity index (χ3n) is 2.87. The molecule has 1 unspecified atom stereocenters. The molecule has 1 rings (SSSR count). The first kappa shape index (κ1) is 12.7. The molecule has 1 N–H and O–H groups in total. The predicted octanol–water partition coefficient (Wildman–Crippen LogP) is 3.24. The number of hydrogen-bond donors (Lipinski definition) is 1. The summed E-state index contributed by atoms with van der Waals surface area (Å²) in [7, 11) is 2.02. The Morgan fingerprint density at radius 2 is 2.00 bits per heavy atom. The first-order valence-corrected chi connectivity index (χ1v) is 6.34. The molecule has 86 valence electrons. The van der Waals surface area contributed by atoms with Crippen LogP contribution in [0.2, 0.25) is 0 Å². The molecule has 0 spiro atoms. The van der Waals surface area contributed by atoms with Crippen LogP contribution in [0.25, 0.3) is 0 Å². The second-order valence-electron chi connectivity index (χ2n) is 4.84. The highest BCUT2D eigenvalue weighted by molar-refractivity contribution is 7.11. The maximum absolute atomic E-state index is 4.66. The topological polar surface area (TPSA) is 24.9 Å². The molecule has 0 aliphatic heterocycles. The Morgan fingerprint density at radius 1 is 1.40 bits per heavy atom. The van der Waals surface area contributed by atoms with Crippen molar-refractivity contribution in [3.63, 3.8) is 0 Å². The van der Waals surface area contributed by atoms with E-state index in [1.165, 1.54) is 15.6 Å². The van der Waals surface area contributed by atoms with Gasteiger partial charge in [0.2, 0.25) is 0 Å². The quantitative estimate of drug-likeness (QED) is 0.852. The summed E-state index contributed by atoms with van der Waals surface area (Å²) in [5.74, 6) is 0.673. The summed E-state index contributed by atoms with van der Waals surface area (Å²) in [6.45, 7) is 11.0. The van der Waals surface area contributed by atoms with Crippen molar-refractivity contribution in [2.75, 3.05) is 7.05 Å². The van der Waals surface area contributed by atoms with E-state index in [2.05, 4.69) is 44.9 Å². The van der Waals surface area contributed by atoms with Gasteiger partial charge in [-0.05, 0) is 40.2 Å². The maximum atomic E-state index is 4.66. The van der Waals surface area contributed by atoms with Gasteiger partial charge in [0.15, 0.2) is 0 Å². The number of aromatic nitrogens is 1. The molecule has 1 heterocycles. The number of nitrogens with zero attached hydrogens (tertiary/aromatic N) is 1. The molecule has 0 radical (unpaired) electrons. The third kappa shape index (κ3) is 2.79. The SMILES string of the molecule is CNC(C)(CC(C)C)c1nc(C)c(C)s1. The number of nitrogens with one attached hydrogen (secondary N) is 1. The van der Waals surface area contributed by atoms with E-state index in [9.17, 15) is 0 Å². The highest BCUT2D eigenvalue weighted by Crippen LogP contribution is 2.32. The van der Waals surface area contributed by atoms with Crippen LogP contribution in [0, 0.1) is 19.8 Å². The maximum Gasteiger partial charge on any atom is 0.113 e. The van der Waals surface area contributed by atoms with Crippen LogP contribution in [0.15, 0.2) is 0 Å². The fourth-order valence-corrected chi connectivity index (χ4v) is 2.90. The molecule has 15 heavy (non-hydrogen) atoms. The third-order valence-corrected chi connectivity index (χ3v) is 4.21. The van der Waals surface area contributed by atoms with Crippen molar-refractivity contribution < 1.29 is 0 Å². The van der Waals surface area contributed by atoms with E-state index < -0.39 is 0 Å². The molecule has 0 amide bonds. The average Bonchev–Trinajstić information content (AvgIpc) is 2.46. The summed E-state index contributed by atoms with van der Waals surface area (Å²) in [4.78, 5) is 5.99. The van der Waals surface area contributed by atoms with Crippen molar-refractivity contribution in [2.45, 2.75) is 46.6 Å². The van der Waals surface area contributed by atoms with Crippen molar-refractivity contribution >= 4 is 11.3 Å². The standard InChI is InChI=1S/C12H22N2S/c1-8(2)7-12(5,13-6)11-14-9(3)10(4)15-11/h8,13H,7H2,1-6H3. The molecule has 3 heteroatoms. The summed E-state index contributed by atoms with van der Waals surface area (Å²) >= 11 is 1.81. The largest absolute Gasteiger partial charge is 0.309 e. The zero-order valence-electron chi connectivity index (χ0n) is 10.6. The van der Waals surface area contributed by atoms with Gasteiger partial charge in [-0.2, -0.15) is 0 Å². The highest BCUT2D eigenvalue weighted by Gasteiger charge is 2.29. The molecule has 0 saturated heterocycles. The van der Waals surface area contributed by atoms with Gasteiger partial charge in [-0.1, -0.05) is 13.8 Å². The van der Waals surface area contributed by atoms with Crippen LogP contribution in [0.1, 0.15) is 42.8 Å². The second-order valence-corrected chi connectivity index (χ2v) is 6.04. The van der Waals surface area contributed by atoms with E-state index >= 15 is 0 Å². The fraction of sp³-hybridized carbons (Fsp3) is 0.750. The Bertz CT molecular complexity index is 311. The van der Waals surface area contributed by atoms with Crippen LogP contribution >= 0.6 is 11.3 Å². The Hall–Kier alpha value is -0.410. The molecule has 1 atom stereocenters. The van der Waals surface area contributed by atoms with Gasteiger partial charge in [-0.3, -0.25) is 0 Å². The zero-order valence-corrected chi connectivity index (χ0v) is 11.5. The zero-order chi connectivity index (χ0) is 11.6. The molecule has 0 aromatic carbocycles. The van der Waals surface area contributed by atoms with E-state index in [-0.39, 0.29) is 5.54 Å². The minimum absolute atomic E-state index is 0.0256. The van der Waals surface area contributed by atoms with E-state index in [1.54, 1.807) is 0 Å². The summed E-state index contributed by atoms with van der Waals surface area (Å²) in [5, 5.41) is 4.63. The molecule has 0 fully saturated rings. The Labute approximate surface area is 97.1 Å². The average molecular weight is 226 g/mol. The van der Waals surface area contributed by atoms with Crippen LogP contribution in [0.5, 0.6) is 0 Å². The van der Waals surface area contributed by atoms with Crippen LogP contribution < -0.4 is 5.32 Å². The van der Waals surface area contributed by atoms with Crippen LogP contribution in [-0.4, -0.2) is 12.0 Å². The van der Waals surface area contributed by atoms with Gasteiger partial charge in [-0.25, -0.2) is 4.98 Å². The van der Waals surface area contributed by atoms with Gasteiger partial charge in [0.1, 0.15) is 5.01 Å². The summed E-state index contributed by atoms with van der Waals surface area (Å²) in [6, 6.07) is 0. The molecular formula is C12H22N2S. The number of hydrogen-bond acceptors (Lipinski definition) is 3. The van der Waals surface area contributed by atoms with Crippen molar-refractivity contribution in [2.24, 2.45) is 5.92 Å². The number of aryl methyl sites for hydroxylation is 2. The van der Waals surface area contributed by atoms with Gasteiger partial charge in [0.25, 0.3) is 0 Å². The molecule has 0 bridgehead atoms. The minimum atomic E-state index is 0.0256. The molecule has 0 aliphatic rings. The highest BCUT2D eigenvalue weighted by atomic mass is 32.1. The summed E-state index contributed by atoms with van der Waals surface area (Å²) in [6.07, 6.45) is 1.12. The monoisotopic (exact) mass is 226 g/mol. The molecular weight excluding hydrogens is 204 g/mol. The first-order valence-electron chi connectivity index (χ1n) is 5.52. The lowest BCUT2D eigenvalue weighted by Crippen LogP contribution is -2.38. The minimum Gasteiger partial charge on any atom is -0.309 e. The lowest BCUT2D eigenvalue weighted by atomic mass is 9.91. The first-order chi connectivity index (χ1) is 6.89. The molecule has 0 saturated carbocycles. The van der Waals surface area contributed by atoms with Gasteiger partial charge in [0.05, 0.1) is 11.2 Å². The van der Waals surface area contributed by atoms with Crippen molar-refractivity contribution in [3.05, 3.63) is 15.6 Å². The molecule has 1 aromatic rings. The van der Waals surface area contributed by atoms with Crippen LogP contribution in [-0.2, 0) is 5.54 Å². The van der Waals surface area contributed by atoms with Gasteiger partial charge in [-0.15, -0.1) is 11.3 Å². The Morgan fingerprint density at radius 3 is 2.33 bits per heavy atom. The predicted molar refractivity (Wildman–Crippen MR) is 67.5 cm³/mol. The van der Waals surface area contributed by atoms with Gasteiger partial charge in [0, 0.05) is 4.88 Å². The van der Waals surface area contributed by atoms with Gasteiger partial charge < -0.3 is 5.32 Å². The van der Waals surface area contributed by atoms with Crippen molar-refractivity contribution in [3.8, 4) is 0 Å². The Kier molecular flexibility index (Phi) is 3.90. The second kappa shape index (κ2) is 4.62. The van der Waals surface area contributed by atoms with Crippen LogP contribution in [0.4, 0.5) is 0 Å². The number of rotatable bonds is 4. The summed E-state index contributed by atoms with van der Waals surface area (Å²) < 4.78 is 0. The Balaban J connectivity index is 3.00.